The fraction of sp³-hybridized carbons (Fsp3) is 0.333. The molecule has 0 N–H and O–H groups in total. The summed E-state index contributed by atoms with van der Waals surface area (Å²) in [6, 6.07) is 18.0. The van der Waals surface area contributed by atoms with Gasteiger partial charge in [-0.05, 0) is 0 Å². The molecule has 0 saturated carbocycles. The fourth-order valence-corrected chi connectivity index (χ4v) is 8.33. The number of rotatable bonds is 8. The summed E-state index contributed by atoms with van der Waals surface area (Å²) in [6.07, 6.45) is 7.58. The number of allylic oxidation sites excluding steroid dienone is 2. The number of unbranched alkanes of at least 4 members (excludes halogenated alkanes) is 2. The molecule has 27 heavy (non-hydrogen) atoms. The van der Waals surface area contributed by atoms with E-state index in [0.717, 1.165) is 8.95 Å². The van der Waals surface area contributed by atoms with Gasteiger partial charge in [-0.25, -0.2) is 0 Å². The molecule has 0 saturated heterocycles. The Morgan fingerprint density at radius 2 is 1.00 bits per heavy atom. The van der Waals surface area contributed by atoms with Gasteiger partial charge in [0.15, 0.2) is 0 Å². The van der Waals surface area contributed by atoms with Crippen molar-refractivity contribution >= 4 is 38.4 Å². The Kier molecular flexibility index (Phi) is 8.36. The third-order valence-electron chi connectivity index (χ3n) is 5.04. The van der Waals surface area contributed by atoms with Crippen molar-refractivity contribution in [3.05, 3.63) is 79.7 Å². The molecule has 0 aliphatic carbocycles. The van der Waals surface area contributed by atoms with Gasteiger partial charge in [-0.3, -0.25) is 0 Å². The zero-order chi connectivity index (χ0) is 19.2. The van der Waals surface area contributed by atoms with E-state index in [1.165, 1.54) is 49.7 Å². The summed E-state index contributed by atoms with van der Waals surface area (Å²) < 4.78 is 5.75. The summed E-state index contributed by atoms with van der Waals surface area (Å²) in [7, 11) is 0. The van der Waals surface area contributed by atoms with E-state index >= 15 is 0 Å². The van der Waals surface area contributed by atoms with Crippen LogP contribution in [0, 0.1) is 0 Å². The van der Waals surface area contributed by atoms with E-state index in [9.17, 15) is 0 Å². The monoisotopic (exact) mass is 562 g/mol. The first-order chi connectivity index (χ1) is 13.1. The van der Waals surface area contributed by atoms with Gasteiger partial charge in [0, 0.05) is 0 Å². The van der Waals surface area contributed by atoms with Crippen molar-refractivity contribution in [3.63, 3.8) is 0 Å². The van der Waals surface area contributed by atoms with Crippen LogP contribution in [0.4, 0.5) is 0 Å². The first kappa shape index (κ1) is 21.5. The average molecular weight is 566 g/mol. The third kappa shape index (κ3) is 5.43. The van der Waals surface area contributed by atoms with E-state index in [4.69, 9.17) is 0 Å². The van der Waals surface area contributed by atoms with Crippen molar-refractivity contribution < 1.29 is 23.2 Å². The van der Waals surface area contributed by atoms with E-state index in [2.05, 4.69) is 94.2 Å². The predicted octanol–water partition coefficient (Wildman–Crippen LogP) is 8.81. The second-order valence-corrected chi connectivity index (χ2v) is 12.0. The summed E-state index contributed by atoms with van der Waals surface area (Å²) in [6.45, 7) is 4.61. The maximum absolute atomic E-state index is 3.60. The SMILES string of the molecule is CCCCC1=[C](c2ccc(Br)cc2)[Zr][C](c2ccc(Br)cc2)=C1CCCC. The maximum atomic E-state index is 3.60. The number of halogens is 2. The molecule has 1 aliphatic heterocycles. The molecule has 3 heteroatoms. The Morgan fingerprint density at radius 3 is 1.33 bits per heavy atom. The minimum atomic E-state index is -0.815. The third-order valence-corrected chi connectivity index (χ3v) is 10.2. The molecule has 0 radical (unpaired) electrons. The molecule has 1 heterocycles. The topological polar surface area (TPSA) is 0 Å². The Balaban J connectivity index is 2.06. The van der Waals surface area contributed by atoms with Gasteiger partial charge in [0.05, 0.1) is 0 Å². The zero-order valence-corrected chi connectivity index (χ0v) is 21.7. The van der Waals surface area contributed by atoms with Gasteiger partial charge >= 0.3 is 194 Å². The van der Waals surface area contributed by atoms with Crippen LogP contribution in [0.2, 0.25) is 0 Å². The summed E-state index contributed by atoms with van der Waals surface area (Å²) >= 11 is 6.38. The van der Waals surface area contributed by atoms with Crippen molar-refractivity contribution in [3.8, 4) is 0 Å². The molecule has 0 amide bonds. The van der Waals surface area contributed by atoms with E-state index in [0.29, 0.717) is 0 Å². The van der Waals surface area contributed by atoms with Crippen LogP contribution in [0.3, 0.4) is 0 Å². The molecule has 0 bridgehead atoms. The van der Waals surface area contributed by atoms with E-state index < -0.39 is 23.2 Å². The van der Waals surface area contributed by atoms with Gasteiger partial charge in [-0.2, -0.15) is 0 Å². The molecule has 0 nitrogen and oxygen atoms in total. The molecule has 0 spiro atoms. The van der Waals surface area contributed by atoms with Gasteiger partial charge in [-0.15, -0.1) is 0 Å². The van der Waals surface area contributed by atoms with Crippen LogP contribution < -0.4 is 0 Å². The number of benzene rings is 2. The van der Waals surface area contributed by atoms with E-state index in [1.54, 1.807) is 17.7 Å². The summed E-state index contributed by atoms with van der Waals surface area (Å²) in [5.41, 5.74) is 6.29. The fourth-order valence-electron chi connectivity index (χ4n) is 3.56. The number of hydrogen-bond acceptors (Lipinski definition) is 0. The molecule has 3 rings (SSSR count). The molecule has 0 atom stereocenters. The van der Waals surface area contributed by atoms with Gasteiger partial charge < -0.3 is 0 Å². The molecule has 140 valence electrons. The van der Waals surface area contributed by atoms with Crippen LogP contribution in [0.25, 0.3) is 6.56 Å². The Bertz CT molecular complexity index is 758. The van der Waals surface area contributed by atoms with Crippen LogP contribution in [0.15, 0.2) is 68.6 Å². The van der Waals surface area contributed by atoms with Crippen LogP contribution in [-0.2, 0) is 23.2 Å². The quantitative estimate of drug-likeness (QED) is 0.300. The summed E-state index contributed by atoms with van der Waals surface area (Å²) in [5, 5.41) is 0. The van der Waals surface area contributed by atoms with Crippen molar-refractivity contribution in [2.24, 2.45) is 0 Å². The molecular weight excluding hydrogens is 539 g/mol. The first-order valence-electron chi connectivity index (χ1n) is 9.89. The van der Waals surface area contributed by atoms with Gasteiger partial charge in [-0.1, -0.05) is 0 Å². The van der Waals surface area contributed by atoms with Gasteiger partial charge in [0.2, 0.25) is 0 Å². The summed E-state index contributed by atoms with van der Waals surface area (Å²) in [4.78, 5) is 0. The van der Waals surface area contributed by atoms with Crippen molar-refractivity contribution in [1.82, 2.24) is 0 Å². The van der Waals surface area contributed by atoms with Crippen LogP contribution in [0.5, 0.6) is 0 Å². The van der Waals surface area contributed by atoms with Crippen LogP contribution in [0.1, 0.15) is 63.5 Å². The van der Waals surface area contributed by atoms with Gasteiger partial charge in [0.25, 0.3) is 0 Å². The molecule has 2 aromatic carbocycles. The van der Waals surface area contributed by atoms with E-state index in [1.807, 2.05) is 0 Å². The number of hydrogen-bond donors (Lipinski definition) is 0. The first-order valence-corrected chi connectivity index (χ1v) is 13.9. The molecule has 1 aliphatic rings. The zero-order valence-electron chi connectivity index (χ0n) is 16.1. The van der Waals surface area contributed by atoms with E-state index in [-0.39, 0.29) is 0 Å². The Hall–Kier alpha value is -0.237. The summed E-state index contributed by atoms with van der Waals surface area (Å²) in [5.74, 6) is 0. The van der Waals surface area contributed by atoms with Crippen LogP contribution >= 0.6 is 31.9 Å². The van der Waals surface area contributed by atoms with Crippen molar-refractivity contribution in [2.75, 3.05) is 0 Å². The second kappa shape index (κ2) is 10.5. The Labute approximate surface area is 192 Å². The molecule has 0 aromatic heterocycles. The normalized spacial score (nSPS) is 14.1. The molecule has 0 fully saturated rings. The minimum absolute atomic E-state index is 0.815. The molecule has 2 aromatic rings. The van der Waals surface area contributed by atoms with Crippen LogP contribution in [-0.4, -0.2) is 0 Å². The van der Waals surface area contributed by atoms with Gasteiger partial charge in [0.1, 0.15) is 0 Å². The standard InChI is InChI=1S/C24H26Br2.Zr/c1-3-5-7-21(17-19-9-13-23(25)14-10-19)22(8-6-4-2)18-20-11-15-24(26)16-12-20;/h9-16H,3-8H2,1-2H3;. The molecular formula is C24H26Br2Zr. The van der Waals surface area contributed by atoms with Crippen molar-refractivity contribution in [1.29, 1.82) is 0 Å². The van der Waals surface area contributed by atoms with Crippen molar-refractivity contribution in [2.45, 2.75) is 52.4 Å². The predicted molar refractivity (Wildman–Crippen MR) is 121 cm³/mol. The molecule has 0 unspecified atom stereocenters. The second-order valence-electron chi connectivity index (χ2n) is 7.05. The average Bonchev–Trinajstić information content (AvgIpc) is 3.04. The Morgan fingerprint density at radius 1 is 0.630 bits per heavy atom.